The SMILES string of the molecule is CCCOCCOc1ncccc1CNCC(C)C. The summed E-state index contributed by atoms with van der Waals surface area (Å²) >= 11 is 0. The van der Waals surface area contributed by atoms with E-state index in [2.05, 4.69) is 31.1 Å². The summed E-state index contributed by atoms with van der Waals surface area (Å²) in [5.74, 6) is 1.35. The Bertz CT molecular complexity index is 343. The number of hydrogen-bond acceptors (Lipinski definition) is 4. The molecule has 1 aromatic heterocycles. The Morgan fingerprint density at radius 1 is 1.26 bits per heavy atom. The highest BCUT2D eigenvalue weighted by atomic mass is 16.5. The second-order valence-electron chi connectivity index (χ2n) is 4.95. The van der Waals surface area contributed by atoms with Gasteiger partial charge in [0.25, 0.3) is 0 Å². The molecule has 1 aromatic rings. The van der Waals surface area contributed by atoms with Crippen molar-refractivity contribution in [3.05, 3.63) is 23.9 Å². The van der Waals surface area contributed by atoms with Gasteiger partial charge >= 0.3 is 0 Å². The van der Waals surface area contributed by atoms with Crippen LogP contribution in [0, 0.1) is 5.92 Å². The molecule has 0 atom stereocenters. The van der Waals surface area contributed by atoms with Crippen molar-refractivity contribution < 1.29 is 9.47 Å². The molecule has 0 amide bonds. The molecule has 0 aliphatic carbocycles. The van der Waals surface area contributed by atoms with Crippen LogP contribution >= 0.6 is 0 Å². The fourth-order valence-corrected chi connectivity index (χ4v) is 1.63. The van der Waals surface area contributed by atoms with E-state index in [4.69, 9.17) is 9.47 Å². The number of nitrogens with zero attached hydrogens (tertiary/aromatic N) is 1. The molecule has 0 aliphatic heterocycles. The topological polar surface area (TPSA) is 43.4 Å². The number of aromatic nitrogens is 1. The van der Waals surface area contributed by atoms with Crippen molar-refractivity contribution in [1.82, 2.24) is 10.3 Å². The van der Waals surface area contributed by atoms with Gasteiger partial charge in [-0.15, -0.1) is 0 Å². The fourth-order valence-electron chi connectivity index (χ4n) is 1.63. The first-order valence-electron chi connectivity index (χ1n) is 7.09. The van der Waals surface area contributed by atoms with Gasteiger partial charge in [0.15, 0.2) is 0 Å². The highest BCUT2D eigenvalue weighted by Crippen LogP contribution is 2.13. The van der Waals surface area contributed by atoms with Gasteiger partial charge < -0.3 is 14.8 Å². The zero-order valence-corrected chi connectivity index (χ0v) is 12.3. The maximum atomic E-state index is 5.67. The van der Waals surface area contributed by atoms with Crippen LogP contribution in [0.4, 0.5) is 0 Å². The molecule has 4 nitrogen and oxygen atoms in total. The lowest BCUT2D eigenvalue weighted by molar-refractivity contribution is 0.0986. The van der Waals surface area contributed by atoms with Crippen LogP contribution in [-0.2, 0) is 11.3 Å². The predicted octanol–water partition coefficient (Wildman–Crippen LogP) is 2.63. The van der Waals surface area contributed by atoms with Crippen LogP contribution in [0.5, 0.6) is 5.88 Å². The number of hydrogen-bond donors (Lipinski definition) is 1. The monoisotopic (exact) mass is 266 g/mol. The summed E-state index contributed by atoms with van der Waals surface area (Å²) in [5, 5.41) is 3.40. The van der Waals surface area contributed by atoms with E-state index in [0.29, 0.717) is 25.0 Å². The number of nitrogens with one attached hydrogen (secondary N) is 1. The van der Waals surface area contributed by atoms with Crippen molar-refractivity contribution >= 4 is 0 Å². The van der Waals surface area contributed by atoms with Gasteiger partial charge in [-0.2, -0.15) is 0 Å². The Balaban J connectivity index is 2.35. The highest BCUT2D eigenvalue weighted by Gasteiger charge is 2.04. The summed E-state index contributed by atoms with van der Waals surface area (Å²) in [7, 11) is 0. The van der Waals surface area contributed by atoms with Crippen LogP contribution in [0.25, 0.3) is 0 Å². The summed E-state index contributed by atoms with van der Waals surface area (Å²) in [5.41, 5.74) is 1.10. The Hall–Kier alpha value is -1.13. The Kier molecular flexibility index (Phi) is 8.18. The van der Waals surface area contributed by atoms with Crippen molar-refractivity contribution in [2.75, 3.05) is 26.4 Å². The van der Waals surface area contributed by atoms with Crippen molar-refractivity contribution in [3.8, 4) is 5.88 Å². The maximum absolute atomic E-state index is 5.67. The molecule has 0 bridgehead atoms. The minimum Gasteiger partial charge on any atom is -0.475 e. The van der Waals surface area contributed by atoms with Crippen LogP contribution < -0.4 is 10.1 Å². The molecule has 1 rings (SSSR count). The third-order valence-corrected chi connectivity index (χ3v) is 2.53. The molecule has 1 N–H and O–H groups in total. The molecular formula is C15H26N2O2. The molecule has 0 aliphatic rings. The van der Waals surface area contributed by atoms with Gasteiger partial charge in [-0.1, -0.05) is 26.8 Å². The van der Waals surface area contributed by atoms with Gasteiger partial charge in [0.1, 0.15) is 6.61 Å². The van der Waals surface area contributed by atoms with Crippen molar-refractivity contribution in [2.45, 2.75) is 33.7 Å². The summed E-state index contributed by atoms with van der Waals surface area (Å²) in [6.45, 7) is 10.2. The van der Waals surface area contributed by atoms with E-state index in [1.54, 1.807) is 6.20 Å². The number of ether oxygens (including phenoxy) is 2. The molecule has 4 heteroatoms. The summed E-state index contributed by atoms with van der Waals surface area (Å²) in [4.78, 5) is 4.28. The van der Waals surface area contributed by atoms with Crippen LogP contribution in [0.1, 0.15) is 32.8 Å². The molecule has 108 valence electrons. The quantitative estimate of drug-likeness (QED) is 0.661. The van der Waals surface area contributed by atoms with Crippen molar-refractivity contribution in [3.63, 3.8) is 0 Å². The van der Waals surface area contributed by atoms with E-state index >= 15 is 0 Å². The van der Waals surface area contributed by atoms with E-state index in [1.165, 1.54) is 0 Å². The zero-order chi connectivity index (χ0) is 13.9. The number of pyridine rings is 1. The van der Waals surface area contributed by atoms with Gasteiger partial charge in [0.2, 0.25) is 5.88 Å². The van der Waals surface area contributed by atoms with Crippen LogP contribution in [0.2, 0.25) is 0 Å². The first kappa shape index (κ1) is 15.9. The molecule has 0 saturated carbocycles. The molecule has 0 unspecified atom stereocenters. The molecule has 0 spiro atoms. The minimum atomic E-state index is 0.550. The molecule has 1 heterocycles. The van der Waals surface area contributed by atoms with Gasteiger partial charge in [-0.25, -0.2) is 4.98 Å². The van der Waals surface area contributed by atoms with Crippen molar-refractivity contribution in [2.24, 2.45) is 5.92 Å². The minimum absolute atomic E-state index is 0.550. The second-order valence-corrected chi connectivity index (χ2v) is 4.95. The summed E-state index contributed by atoms with van der Waals surface area (Å²) in [6.07, 6.45) is 2.79. The van der Waals surface area contributed by atoms with E-state index < -0.39 is 0 Å². The molecular weight excluding hydrogens is 240 g/mol. The average molecular weight is 266 g/mol. The standard InChI is InChI=1S/C15H26N2O2/c1-4-8-18-9-10-19-15-14(6-5-7-17-15)12-16-11-13(2)3/h5-7,13,16H,4,8-12H2,1-3H3. The Morgan fingerprint density at radius 2 is 2.11 bits per heavy atom. The molecule has 0 radical (unpaired) electrons. The first-order chi connectivity index (χ1) is 9.24. The lowest BCUT2D eigenvalue weighted by atomic mass is 10.2. The maximum Gasteiger partial charge on any atom is 0.217 e. The average Bonchev–Trinajstić information content (AvgIpc) is 2.40. The fraction of sp³-hybridized carbons (Fsp3) is 0.667. The lowest BCUT2D eigenvalue weighted by Crippen LogP contribution is -2.20. The summed E-state index contributed by atoms with van der Waals surface area (Å²) in [6, 6.07) is 3.98. The normalized spacial score (nSPS) is 10.9. The predicted molar refractivity (Wildman–Crippen MR) is 77.4 cm³/mol. The lowest BCUT2D eigenvalue weighted by Gasteiger charge is -2.12. The Morgan fingerprint density at radius 3 is 2.84 bits per heavy atom. The van der Waals surface area contributed by atoms with Crippen LogP contribution in [0.3, 0.4) is 0 Å². The second kappa shape index (κ2) is 9.75. The van der Waals surface area contributed by atoms with Crippen molar-refractivity contribution in [1.29, 1.82) is 0 Å². The number of rotatable bonds is 10. The van der Waals surface area contributed by atoms with Gasteiger partial charge in [0.05, 0.1) is 6.61 Å². The van der Waals surface area contributed by atoms with Gasteiger partial charge in [-0.3, -0.25) is 0 Å². The Labute approximate surface area is 116 Å². The van der Waals surface area contributed by atoms with E-state index in [0.717, 1.165) is 31.7 Å². The molecule has 0 saturated heterocycles. The summed E-state index contributed by atoms with van der Waals surface area (Å²) < 4.78 is 11.1. The van der Waals surface area contributed by atoms with E-state index in [1.807, 2.05) is 12.1 Å². The first-order valence-corrected chi connectivity index (χ1v) is 7.09. The van der Waals surface area contributed by atoms with Crippen LogP contribution in [-0.4, -0.2) is 31.3 Å². The zero-order valence-electron chi connectivity index (χ0n) is 12.3. The largest absolute Gasteiger partial charge is 0.475 e. The third-order valence-electron chi connectivity index (χ3n) is 2.53. The third kappa shape index (κ3) is 7.13. The van der Waals surface area contributed by atoms with Gasteiger partial charge in [0, 0.05) is 24.9 Å². The highest BCUT2D eigenvalue weighted by molar-refractivity contribution is 5.25. The van der Waals surface area contributed by atoms with E-state index in [-0.39, 0.29) is 0 Å². The smallest absolute Gasteiger partial charge is 0.217 e. The van der Waals surface area contributed by atoms with Gasteiger partial charge in [-0.05, 0) is 24.9 Å². The molecule has 0 fully saturated rings. The molecule has 0 aromatic carbocycles. The molecule has 19 heavy (non-hydrogen) atoms. The van der Waals surface area contributed by atoms with E-state index in [9.17, 15) is 0 Å². The van der Waals surface area contributed by atoms with Crippen LogP contribution in [0.15, 0.2) is 18.3 Å².